The molecule has 1 aromatic heterocycles. The van der Waals surface area contributed by atoms with Crippen LogP contribution >= 0.6 is 0 Å². The van der Waals surface area contributed by atoms with Crippen molar-refractivity contribution in [3.05, 3.63) is 23.5 Å². The summed E-state index contributed by atoms with van der Waals surface area (Å²) in [7, 11) is 2.91. The number of nitrogens with one attached hydrogen (secondary N) is 3. The van der Waals surface area contributed by atoms with Gasteiger partial charge in [-0.3, -0.25) is 4.79 Å². The predicted octanol–water partition coefficient (Wildman–Crippen LogP) is -0.363. The van der Waals surface area contributed by atoms with Gasteiger partial charge >= 0.3 is 5.97 Å². The highest BCUT2D eigenvalue weighted by Gasteiger charge is 2.07. The summed E-state index contributed by atoms with van der Waals surface area (Å²) >= 11 is 0. The summed E-state index contributed by atoms with van der Waals surface area (Å²) < 4.78 is 4.55. The van der Waals surface area contributed by atoms with Gasteiger partial charge in [0.2, 0.25) is 5.91 Å². The summed E-state index contributed by atoms with van der Waals surface area (Å²) in [5, 5.41) is 5.44. The fraction of sp³-hybridized carbons (Fsp3) is 0.400. The zero-order valence-electron chi connectivity index (χ0n) is 9.29. The molecular formula is C10H15N3O3. The summed E-state index contributed by atoms with van der Waals surface area (Å²) in [6, 6.07) is 1.68. The highest BCUT2D eigenvalue weighted by molar-refractivity contribution is 5.87. The van der Waals surface area contributed by atoms with Gasteiger partial charge in [-0.05, 0) is 11.6 Å². The lowest BCUT2D eigenvalue weighted by molar-refractivity contribution is -0.119. The molecule has 0 radical (unpaired) electrons. The summed E-state index contributed by atoms with van der Waals surface area (Å²) in [6.45, 7) is 0.760. The third-order valence-electron chi connectivity index (χ3n) is 2.04. The third kappa shape index (κ3) is 3.39. The van der Waals surface area contributed by atoms with E-state index in [1.54, 1.807) is 19.3 Å². The van der Waals surface area contributed by atoms with E-state index in [9.17, 15) is 9.59 Å². The number of H-pyrrole nitrogens is 1. The van der Waals surface area contributed by atoms with Crippen molar-refractivity contribution in [1.29, 1.82) is 0 Å². The molecule has 1 heterocycles. The Morgan fingerprint density at radius 3 is 2.88 bits per heavy atom. The van der Waals surface area contributed by atoms with Crippen LogP contribution in [-0.4, -0.2) is 37.6 Å². The zero-order valence-corrected chi connectivity index (χ0v) is 9.29. The first-order valence-corrected chi connectivity index (χ1v) is 4.84. The van der Waals surface area contributed by atoms with Crippen molar-refractivity contribution < 1.29 is 14.3 Å². The van der Waals surface area contributed by atoms with Crippen LogP contribution in [0.25, 0.3) is 0 Å². The van der Waals surface area contributed by atoms with Gasteiger partial charge < -0.3 is 20.4 Å². The standard InChI is InChI=1S/C10H15N3O3/c1-11-9(14)6-12-4-7-3-8(13-5-7)10(15)16-2/h3,5,12-13H,4,6H2,1-2H3,(H,11,14). The molecule has 16 heavy (non-hydrogen) atoms. The first kappa shape index (κ1) is 12.3. The number of hydrogen-bond acceptors (Lipinski definition) is 4. The van der Waals surface area contributed by atoms with Gasteiger partial charge in [0.15, 0.2) is 0 Å². The molecular weight excluding hydrogens is 210 g/mol. The average Bonchev–Trinajstić information content (AvgIpc) is 2.76. The quantitative estimate of drug-likeness (QED) is 0.597. The number of aromatic nitrogens is 1. The maximum Gasteiger partial charge on any atom is 0.354 e. The molecule has 6 heteroatoms. The SMILES string of the molecule is CNC(=O)CNCc1c[nH]c(C(=O)OC)c1. The highest BCUT2D eigenvalue weighted by Crippen LogP contribution is 2.04. The van der Waals surface area contributed by atoms with E-state index in [1.807, 2.05) is 0 Å². The second-order valence-electron chi connectivity index (χ2n) is 3.19. The molecule has 3 N–H and O–H groups in total. The summed E-state index contributed by atoms with van der Waals surface area (Å²) in [4.78, 5) is 24.8. The Morgan fingerprint density at radius 2 is 2.25 bits per heavy atom. The molecule has 0 bridgehead atoms. The normalized spacial score (nSPS) is 9.88. The molecule has 0 spiro atoms. The lowest BCUT2D eigenvalue weighted by atomic mass is 10.3. The number of methoxy groups -OCH3 is 1. The van der Waals surface area contributed by atoms with Gasteiger partial charge in [0.05, 0.1) is 13.7 Å². The van der Waals surface area contributed by atoms with Crippen LogP contribution < -0.4 is 10.6 Å². The van der Waals surface area contributed by atoms with Gasteiger partial charge in [-0.15, -0.1) is 0 Å². The maximum absolute atomic E-state index is 11.1. The van der Waals surface area contributed by atoms with Crippen molar-refractivity contribution >= 4 is 11.9 Å². The van der Waals surface area contributed by atoms with Gasteiger partial charge in [-0.1, -0.05) is 0 Å². The predicted molar refractivity (Wildman–Crippen MR) is 57.9 cm³/mol. The molecule has 0 saturated carbocycles. The summed E-state index contributed by atoms with van der Waals surface area (Å²) in [5.74, 6) is -0.485. The van der Waals surface area contributed by atoms with E-state index in [-0.39, 0.29) is 12.5 Å². The molecule has 0 aliphatic heterocycles. The first-order valence-electron chi connectivity index (χ1n) is 4.84. The van der Waals surface area contributed by atoms with Crippen molar-refractivity contribution in [2.75, 3.05) is 20.7 Å². The molecule has 0 aromatic carbocycles. The number of carbonyl (C=O) groups is 2. The summed E-state index contributed by atoms with van der Waals surface area (Å²) in [6.07, 6.45) is 1.70. The number of likely N-dealkylation sites (N-methyl/N-ethyl adjacent to an activating group) is 1. The molecule has 1 aromatic rings. The first-order chi connectivity index (χ1) is 7.67. The Balaban J connectivity index is 2.41. The van der Waals surface area contributed by atoms with E-state index in [4.69, 9.17) is 0 Å². The number of carbonyl (C=O) groups excluding carboxylic acids is 2. The smallest absolute Gasteiger partial charge is 0.354 e. The minimum atomic E-state index is -0.405. The lowest BCUT2D eigenvalue weighted by Crippen LogP contribution is -2.30. The Labute approximate surface area is 93.4 Å². The van der Waals surface area contributed by atoms with E-state index in [0.29, 0.717) is 12.2 Å². The number of rotatable bonds is 5. The molecule has 0 saturated heterocycles. The van der Waals surface area contributed by atoms with Crippen molar-refractivity contribution in [3.8, 4) is 0 Å². The van der Waals surface area contributed by atoms with E-state index >= 15 is 0 Å². The minimum absolute atomic E-state index is 0.0799. The van der Waals surface area contributed by atoms with Crippen LogP contribution in [0.15, 0.2) is 12.3 Å². The topological polar surface area (TPSA) is 83.2 Å². The van der Waals surface area contributed by atoms with Gasteiger partial charge in [0.1, 0.15) is 5.69 Å². The van der Waals surface area contributed by atoms with Gasteiger partial charge in [0, 0.05) is 19.8 Å². The average molecular weight is 225 g/mol. The van der Waals surface area contributed by atoms with Crippen LogP contribution in [0.3, 0.4) is 0 Å². The van der Waals surface area contributed by atoms with Gasteiger partial charge in [0.25, 0.3) is 0 Å². The lowest BCUT2D eigenvalue weighted by Gasteiger charge is -2.01. The molecule has 1 rings (SSSR count). The van der Waals surface area contributed by atoms with E-state index in [2.05, 4.69) is 20.4 Å². The Morgan fingerprint density at radius 1 is 1.50 bits per heavy atom. The fourth-order valence-corrected chi connectivity index (χ4v) is 1.18. The number of aromatic amines is 1. The molecule has 1 amide bonds. The van der Waals surface area contributed by atoms with Crippen LogP contribution in [0.2, 0.25) is 0 Å². The number of esters is 1. The molecule has 88 valence electrons. The molecule has 0 aliphatic rings. The Kier molecular flexibility index (Phi) is 4.53. The van der Waals surface area contributed by atoms with Crippen molar-refractivity contribution in [1.82, 2.24) is 15.6 Å². The van der Waals surface area contributed by atoms with E-state index in [0.717, 1.165) is 5.56 Å². The minimum Gasteiger partial charge on any atom is -0.464 e. The fourth-order valence-electron chi connectivity index (χ4n) is 1.18. The van der Waals surface area contributed by atoms with E-state index < -0.39 is 5.97 Å². The van der Waals surface area contributed by atoms with E-state index in [1.165, 1.54) is 7.11 Å². The van der Waals surface area contributed by atoms with Crippen LogP contribution in [0.4, 0.5) is 0 Å². The number of ether oxygens (including phenoxy) is 1. The molecule has 0 atom stereocenters. The van der Waals surface area contributed by atoms with Gasteiger partial charge in [-0.25, -0.2) is 4.79 Å². The third-order valence-corrected chi connectivity index (χ3v) is 2.04. The van der Waals surface area contributed by atoms with Gasteiger partial charge in [-0.2, -0.15) is 0 Å². The number of amides is 1. The van der Waals surface area contributed by atoms with Crippen molar-refractivity contribution in [2.45, 2.75) is 6.54 Å². The maximum atomic E-state index is 11.1. The molecule has 0 unspecified atom stereocenters. The van der Waals surface area contributed by atoms with Crippen LogP contribution in [0, 0.1) is 0 Å². The second kappa shape index (κ2) is 5.92. The Bertz CT molecular complexity index is 373. The number of hydrogen-bond donors (Lipinski definition) is 3. The zero-order chi connectivity index (χ0) is 12.0. The van der Waals surface area contributed by atoms with Crippen LogP contribution in [0.1, 0.15) is 16.1 Å². The Hall–Kier alpha value is -1.82. The molecule has 6 nitrogen and oxygen atoms in total. The monoisotopic (exact) mass is 225 g/mol. The molecule has 0 aliphatic carbocycles. The summed E-state index contributed by atoms with van der Waals surface area (Å²) in [5.41, 5.74) is 1.29. The van der Waals surface area contributed by atoms with Crippen molar-refractivity contribution in [3.63, 3.8) is 0 Å². The van der Waals surface area contributed by atoms with Crippen LogP contribution in [0.5, 0.6) is 0 Å². The van der Waals surface area contributed by atoms with Crippen molar-refractivity contribution in [2.24, 2.45) is 0 Å². The second-order valence-corrected chi connectivity index (χ2v) is 3.19. The van der Waals surface area contributed by atoms with Crippen LogP contribution in [-0.2, 0) is 16.1 Å². The highest BCUT2D eigenvalue weighted by atomic mass is 16.5. The largest absolute Gasteiger partial charge is 0.464 e. The molecule has 0 fully saturated rings.